The summed E-state index contributed by atoms with van der Waals surface area (Å²) in [5.41, 5.74) is 2.34. The van der Waals surface area contributed by atoms with Gasteiger partial charge in [0.15, 0.2) is 0 Å². The summed E-state index contributed by atoms with van der Waals surface area (Å²) in [4.78, 5) is 1.18. The van der Waals surface area contributed by atoms with Crippen molar-refractivity contribution >= 4 is 17.0 Å². The molecular weight excluding hydrogens is 282 g/mol. The maximum atomic E-state index is 9.90. The number of nitrogens with one attached hydrogen (secondary N) is 1. The van der Waals surface area contributed by atoms with Crippen molar-refractivity contribution in [1.82, 2.24) is 0 Å². The quantitative estimate of drug-likeness (QED) is 0.778. The highest BCUT2D eigenvalue weighted by atomic mass is 32.1. The molecule has 0 amide bonds. The second-order valence-electron chi connectivity index (χ2n) is 5.41. The minimum atomic E-state index is -0.505. The highest BCUT2D eigenvalue weighted by molar-refractivity contribution is 7.09. The van der Waals surface area contributed by atoms with Crippen LogP contribution in [-0.2, 0) is 11.3 Å². The van der Waals surface area contributed by atoms with Gasteiger partial charge in [0.05, 0.1) is 19.3 Å². The maximum Gasteiger partial charge on any atom is 0.0945 e. The molecule has 0 saturated heterocycles. The second-order valence-corrected chi connectivity index (χ2v) is 6.44. The molecular formula is C17H23NO2S. The first-order valence-electron chi connectivity index (χ1n) is 7.27. The molecule has 1 aromatic heterocycles. The molecule has 0 aliphatic heterocycles. The van der Waals surface area contributed by atoms with Gasteiger partial charge in [0, 0.05) is 17.1 Å². The van der Waals surface area contributed by atoms with E-state index in [1.807, 2.05) is 17.5 Å². The van der Waals surface area contributed by atoms with Crippen molar-refractivity contribution < 1.29 is 9.84 Å². The van der Waals surface area contributed by atoms with Gasteiger partial charge < -0.3 is 15.2 Å². The number of hydrogen-bond donors (Lipinski definition) is 2. The molecule has 21 heavy (non-hydrogen) atoms. The van der Waals surface area contributed by atoms with Crippen LogP contribution in [0.1, 0.15) is 30.2 Å². The lowest BCUT2D eigenvalue weighted by molar-refractivity contribution is 0.0359. The summed E-state index contributed by atoms with van der Waals surface area (Å²) in [6.07, 6.45) is -0.505. The molecule has 1 aromatic carbocycles. The fourth-order valence-electron chi connectivity index (χ4n) is 1.97. The van der Waals surface area contributed by atoms with Crippen molar-refractivity contribution in [2.45, 2.75) is 32.5 Å². The first-order chi connectivity index (χ1) is 10.1. The van der Waals surface area contributed by atoms with Gasteiger partial charge in [0.2, 0.25) is 0 Å². The topological polar surface area (TPSA) is 41.5 Å². The van der Waals surface area contributed by atoms with Crippen LogP contribution >= 0.6 is 11.3 Å². The Morgan fingerprint density at radius 3 is 2.57 bits per heavy atom. The van der Waals surface area contributed by atoms with Gasteiger partial charge in [-0.15, -0.1) is 11.3 Å². The maximum absolute atomic E-state index is 9.90. The molecule has 0 spiro atoms. The summed E-state index contributed by atoms with van der Waals surface area (Å²) >= 11 is 1.67. The number of aliphatic hydroxyl groups excluding tert-OH is 1. The predicted octanol–water partition coefficient (Wildman–Crippen LogP) is 3.86. The minimum absolute atomic E-state index is 0.342. The molecule has 0 radical (unpaired) electrons. The zero-order valence-electron chi connectivity index (χ0n) is 12.6. The molecule has 1 unspecified atom stereocenters. The van der Waals surface area contributed by atoms with Crippen LogP contribution in [0.4, 0.5) is 5.69 Å². The predicted molar refractivity (Wildman–Crippen MR) is 89.0 cm³/mol. The SMILES string of the molecule is CC(C)c1ccc(NCC(O)COCc2cccs2)cc1. The molecule has 1 atom stereocenters. The fraction of sp³-hybridized carbons (Fsp3) is 0.412. The Hall–Kier alpha value is -1.36. The summed E-state index contributed by atoms with van der Waals surface area (Å²) < 4.78 is 5.50. The van der Waals surface area contributed by atoms with Crippen molar-refractivity contribution in [2.24, 2.45) is 0 Å². The number of rotatable bonds is 8. The Kier molecular flexibility index (Phi) is 6.23. The Labute approximate surface area is 130 Å². The van der Waals surface area contributed by atoms with Gasteiger partial charge in [-0.2, -0.15) is 0 Å². The van der Waals surface area contributed by atoms with E-state index in [9.17, 15) is 5.11 Å². The van der Waals surface area contributed by atoms with Gasteiger partial charge in [-0.3, -0.25) is 0 Å². The molecule has 2 rings (SSSR count). The third-order valence-corrected chi connectivity index (χ3v) is 4.10. The Bertz CT molecular complexity index is 508. The largest absolute Gasteiger partial charge is 0.389 e. The second kappa shape index (κ2) is 8.17. The zero-order valence-corrected chi connectivity index (χ0v) is 13.4. The van der Waals surface area contributed by atoms with Crippen molar-refractivity contribution in [3.8, 4) is 0 Å². The summed E-state index contributed by atoms with van der Waals surface area (Å²) in [5.74, 6) is 0.537. The van der Waals surface area contributed by atoms with E-state index in [1.165, 1.54) is 10.4 Å². The monoisotopic (exact) mass is 305 g/mol. The Balaban J connectivity index is 1.67. The lowest BCUT2D eigenvalue weighted by Crippen LogP contribution is -2.24. The van der Waals surface area contributed by atoms with Crippen LogP contribution in [-0.4, -0.2) is 24.4 Å². The van der Waals surface area contributed by atoms with Crippen LogP contribution in [0.25, 0.3) is 0 Å². The van der Waals surface area contributed by atoms with E-state index in [2.05, 4.69) is 43.4 Å². The van der Waals surface area contributed by atoms with Crippen molar-refractivity contribution in [2.75, 3.05) is 18.5 Å². The van der Waals surface area contributed by atoms with E-state index in [4.69, 9.17) is 4.74 Å². The molecule has 1 heterocycles. The van der Waals surface area contributed by atoms with Crippen molar-refractivity contribution in [1.29, 1.82) is 0 Å². The van der Waals surface area contributed by atoms with E-state index >= 15 is 0 Å². The summed E-state index contributed by atoms with van der Waals surface area (Å²) in [6, 6.07) is 12.4. The Morgan fingerprint density at radius 1 is 1.19 bits per heavy atom. The molecule has 0 fully saturated rings. The average Bonchev–Trinajstić information content (AvgIpc) is 2.99. The number of anilines is 1. The van der Waals surface area contributed by atoms with Gasteiger partial charge in [-0.25, -0.2) is 0 Å². The van der Waals surface area contributed by atoms with Crippen molar-refractivity contribution in [3.05, 3.63) is 52.2 Å². The smallest absolute Gasteiger partial charge is 0.0945 e. The number of ether oxygens (including phenoxy) is 1. The lowest BCUT2D eigenvalue weighted by atomic mass is 10.0. The number of benzene rings is 1. The Morgan fingerprint density at radius 2 is 1.95 bits per heavy atom. The fourth-order valence-corrected chi connectivity index (χ4v) is 2.61. The van der Waals surface area contributed by atoms with E-state index < -0.39 is 6.10 Å². The van der Waals surface area contributed by atoms with Crippen LogP contribution in [0, 0.1) is 0 Å². The first kappa shape index (κ1) is 16.0. The molecule has 0 aliphatic carbocycles. The normalized spacial score (nSPS) is 12.6. The van der Waals surface area contributed by atoms with E-state index in [-0.39, 0.29) is 0 Å². The zero-order chi connectivity index (χ0) is 15.1. The van der Waals surface area contributed by atoms with Crippen LogP contribution in [0.5, 0.6) is 0 Å². The average molecular weight is 305 g/mol. The lowest BCUT2D eigenvalue weighted by Gasteiger charge is -2.14. The number of hydrogen-bond acceptors (Lipinski definition) is 4. The summed E-state index contributed by atoms with van der Waals surface area (Å²) in [5, 5.41) is 15.1. The standard InChI is InChI=1S/C17H23NO2S/c1-13(2)14-5-7-15(8-6-14)18-10-16(19)11-20-12-17-4-3-9-21-17/h3-9,13,16,18-19H,10-12H2,1-2H3. The highest BCUT2D eigenvalue weighted by Crippen LogP contribution is 2.17. The minimum Gasteiger partial charge on any atom is -0.389 e. The van der Waals surface area contributed by atoms with Gasteiger partial charge in [-0.05, 0) is 35.1 Å². The molecule has 0 saturated carbocycles. The number of thiophene rings is 1. The van der Waals surface area contributed by atoms with Crippen molar-refractivity contribution in [3.63, 3.8) is 0 Å². The van der Waals surface area contributed by atoms with Gasteiger partial charge in [0.25, 0.3) is 0 Å². The summed E-state index contributed by atoms with van der Waals surface area (Å²) in [6.45, 7) is 5.76. The third kappa shape index (κ3) is 5.50. The molecule has 2 N–H and O–H groups in total. The van der Waals surface area contributed by atoms with E-state index in [1.54, 1.807) is 11.3 Å². The molecule has 3 nitrogen and oxygen atoms in total. The molecule has 0 bridgehead atoms. The summed E-state index contributed by atoms with van der Waals surface area (Å²) in [7, 11) is 0. The van der Waals surface area contributed by atoms with E-state index in [0.29, 0.717) is 25.7 Å². The molecule has 0 aliphatic rings. The number of aliphatic hydroxyl groups is 1. The van der Waals surface area contributed by atoms with Gasteiger partial charge >= 0.3 is 0 Å². The molecule has 4 heteroatoms. The van der Waals surface area contributed by atoms with Crippen LogP contribution < -0.4 is 5.32 Å². The van der Waals surface area contributed by atoms with Crippen LogP contribution in [0.3, 0.4) is 0 Å². The van der Waals surface area contributed by atoms with Crippen LogP contribution in [0.15, 0.2) is 41.8 Å². The highest BCUT2D eigenvalue weighted by Gasteiger charge is 2.05. The van der Waals surface area contributed by atoms with E-state index in [0.717, 1.165) is 5.69 Å². The van der Waals surface area contributed by atoms with Gasteiger partial charge in [0.1, 0.15) is 0 Å². The molecule has 114 valence electrons. The van der Waals surface area contributed by atoms with Gasteiger partial charge in [-0.1, -0.05) is 32.0 Å². The third-order valence-electron chi connectivity index (χ3n) is 3.25. The first-order valence-corrected chi connectivity index (χ1v) is 8.15. The van der Waals surface area contributed by atoms with Crippen LogP contribution in [0.2, 0.25) is 0 Å². The molecule has 2 aromatic rings.